The van der Waals surface area contributed by atoms with Crippen LogP contribution < -0.4 is 10.6 Å². The number of aryl methyl sites for hydroxylation is 2. The standard InChI is InChI=1S/C17H28N4O2/c1-21-11-12(10-19-21)2-3-16(23)20-17(14-8-15(22)9-14)13-4-6-18-7-5-13/h10-11,13-15,17-18,22H,2-9H2,1H3,(H,20,23)/t14?,15?,17-/m0/s1. The number of amides is 1. The molecule has 128 valence electrons. The molecular formula is C17H28N4O2. The molecule has 1 aromatic heterocycles. The summed E-state index contributed by atoms with van der Waals surface area (Å²) in [5.41, 5.74) is 1.10. The number of hydrogen-bond donors (Lipinski definition) is 3. The van der Waals surface area contributed by atoms with Crippen molar-refractivity contribution in [2.75, 3.05) is 13.1 Å². The first-order chi connectivity index (χ1) is 11.1. The number of piperidine rings is 1. The smallest absolute Gasteiger partial charge is 0.220 e. The van der Waals surface area contributed by atoms with E-state index in [1.165, 1.54) is 0 Å². The summed E-state index contributed by atoms with van der Waals surface area (Å²) in [7, 11) is 1.89. The normalized spacial score (nSPS) is 26.5. The summed E-state index contributed by atoms with van der Waals surface area (Å²) in [5.74, 6) is 1.10. The molecule has 1 atom stereocenters. The van der Waals surface area contributed by atoms with Crippen LogP contribution in [0.3, 0.4) is 0 Å². The van der Waals surface area contributed by atoms with Crippen molar-refractivity contribution < 1.29 is 9.90 Å². The first kappa shape index (κ1) is 16.5. The zero-order valence-corrected chi connectivity index (χ0v) is 13.9. The highest BCUT2D eigenvalue weighted by atomic mass is 16.3. The largest absolute Gasteiger partial charge is 0.393 e. The van der Waals surface area contributed by atoms with Crippen LogP contribution in [-0.2, 0) is 18.3 Å². The van der Waals surface area contributed by atoms with E-state index < -0.39 is 0 Å². The van der Waals surface area contributed by atoms with Gasteiger partial charge in [0.2, 0.25) is 5.91 Å². The first-order valence-corrected chi connectivity index (χ1v) is 8.77. The van der Waals surface area contributed by atoms with Gasteiger partial charge in [-0.2, -0.15) is 5.10 Å². The molecule has 2 fully saturated rings. The van der Waals surface area contributed by atoms with Crippen LogP contribution in [-0.4, -0.2) is 46.0 Å². The van der Waals surface area contributed by atoms with Gasteiger partial charge >= 0.3 is 0 Å². The van der Waals surface area contributed by atoms with Gasteiger partial charge in [-0.15, -0.1) is 0 Å². The van der Waals surface area contributed by atoms with Gasteiger partial charge in [0.1, 0.15) is 0 Å². The number of aliphatic hydroxyl groups is 1. The molecule has 1 aliphatic carbocycles. The Bertz CT molecular complexity index is 518. The van der Waals surface area contributed by atoms with E-state index in [1.807, 2.05) is 19.4 Å². The van der Waals surface area contributed by atoms with Gasteiger partial charge in [0.05, 0.1) is 12.3 Å². The molecule has 0 bridgehead atoms. The number of carbonyl (C=O) groups is 1. The number of nitrogens with one attached hydrogen (secondary N) is 2. The van der Waals surface area contributed by atoms with Crippen LogP contribution in [0.4, 0.5) is 0 Å². The van der Waals surface area contributed by atoms with Crippen LogP contribution in [0.15, 0.2) is 12.4 Å². The second kappa shape index (κ2) is 7.45. The van der Waals surface area contributed by atoms with Crippen LogP contribution in [0.1, 0.15) is 37.7 Å². The fourth-order valence-electron chi connectivity index (χ4n) is 3.86. The van der Waals surface area contributed by atoms with Gasteiger partial charge in [0.25, 0.3) is 0 Å². The van der Waals surface area contributed by atoms with Crippen molar-refractivity contribution in [2.24, 2.45) is 18.9 Å². The van der Waals surface area contributed by atoms with Crippen LogP contribution >= 0.6 is 0 Å². The minimum atomic E-state index is -0.170. The lowest BCUT2D eigenvalue weighted by Crippen LogP contribution is -2.52. The lowest BCUT2D eigenvalue weighted by atomic mass is 9.71. The Morgan fingerprint density at radius 3 is 2.78 bits per heavy atom. The molecule has 3 rings (SSSR count). The number of carbonyl (C=O) groups excluding carboxylic acids is 1. The van der Waals surface area contributed by atoms with Gasteiger partial charge in [-0.1, -0.05) is 0 Å². The van der Waals surface area contributed by atoms with Crippen molar-refractivity contribution in [3.05, 3.63) is 18.0 Å². The average molecular weight is 320 g/mol. The van der Waals surface area contributed by atoms with Crippen molar-refractivity contribution in [2.45, 2.75) is 50.7 Å². The highest BCUT2D eigenvalue weighted by molar-refractivity contribution is 5.76. The third-order valence-corrected chi connectivity index (χ3v) is 5.28. The zero-order valence-electron chi connectivity index (χ0n) is 13.9. The summed E-state index contributed by atoms with van der Waals surface area (Å²) in [4.78, 5) is 12.4. The molecule has 0 radical (unpaired) electrons. The van der Waals surface area contributed by atoms with E-state index in [4.69, 9.17) is 0 Å². The molecule has 2 heterocycles. The van der Waals surface area contributed by atoms with E-state index in [0.717, 1.165) is 50.8 Å². The number of aliphatic hydroxyl groups excluding tert-OH is 1. The van der Waals surface area contributed by atoms with Gasteiger partial charge in [-0.25, -0.2) is 0 Å². The molecule has 1 aliphatic heterocycles. The lowest BCUT2D eigenvalue weighted by Gasteiger charge is -2.43. The maximum absolute atomic E-state index is 12.4. The molecule has 1 amide bonds. The Hall–Kier alpha value is -1.40. The Balaban J connectivity index is 1.53. The summed E-state index contributed by atoms with van der Waals surface area (Å²) < 4.78 is 1.76. The molecule has 2 aliphatic rings. The fourth-order valence-corrected chi connectivity index (χ4v) is 3.86. The first-order valence-electron chi connectivity index (χ1n) is 8.77. The van der Waals surface area contributed by atoms with E-state index in [1.54, 1.807) is 4.68 Å². The van der Waals surface area contributed by atoms with Gasteiger partial charge in [0.15, 0.2) is 0 Å². The molecule has 23 heavy (non-hydrogen) atoms. The quantitative estimate of drug-likeness (QED) is 0.717. The molecule has 3 N–H and O–H groups in total. The average Bonchev–Trinajstić information content (AvgIpc) is 2.94. The van der Waals surface area contributed by atoms with E-state index in [2.05, 4.69) is 15.7 Å². The van der Waals surface area contributed by atoms with E-state index in [9.17, 15) is 9.90 Å². The van der Waals surface area contributed by atoms with Crippen molar-refractivity contribution in [3.8, 4) is 0 Å². The SMILES string of the molecule is Cn1cc(CCC(=O)N[C@@H](C2CCNCC2)C2CC(O)C2)cn1. The number of rotatable bonds is 6. The molecule has 1 saturated heterocycles. The third-order valence-electron chi connectivity index (χ3n) is 5.28. The monoisotopic (exact) mass is 320 g/mol. The van der Waals surface area contributed by atoms with Gasteiger partial charge in [-0.05, 0) is 62.6 Å². The number of nitrogens with zero attached hydrogens (tertiary/aromatic N) is 2. The van der Waals surface area contributed by atoms with Crippen LogP contribution in [0.25, 0.3) is 0 Å². The van der Waals surface area contributed by atoms with Gasteiger partial charge < -0.3 is 15.7 Å². The minimum Gasteiger partial charge on any atom is -0.393 e. The Kier molecular flexibility index (Phi) is 5.33. The molecule has 0 unspecified atom stereocenters. The highest BCUT2D eigenvalue weighted by Crippen LogP contribution is 2.35. The van der Waals surface area contributed by atoms with Crippen molar-refractivity contribution in [1.29, 1.82) is 0 Å². The molecule has 6 nitrogen and oxygen atoms in total. The second-order valence-electron chi connectivity index (χ2n) is 7.09. The lowest BCUT2D eigenvalue weighted by molar-refractivity contribution is -0.123. The molecular weight excluding hydrogens is 292 g/mol. The van der Waals surface area contributed by atoms with Crippen LogP contribution in [0, 0.1) is 11.8 Å². The van der Waals surface area contributed by atoms with Crippen LogP contribution in [0.5, 0.6) is 0 Å². The molecule has 1 saturated carbocycles. The summed E-state index contributed by atoms with van der Waals surface area (Å²) >= 11 is 0. The predicted molar refractivity (Wildman–Crippen MR) is 87.8 cm³/mol. The Morgan fingerprint density at radius 2 is 2.17 bits per heavy atom. The fraction of sp³-hybridized carbons (Fsp3) is 0.765. The van der Waals surface area contributed by atoms with Gasteiger partial charge in [-0.3, -0.25) is 9.48 Å². The maximum atomic E-state index is 12.4. The number of aromatic nitrogens is 2. The molecule has 1 aromatic rings. The summed E-state index contributed by atoms with van der Waals surface area (Å²) in [6.45, 7) is 2.06. The van der Waals surface area contributed by atoms with E-state index in [0.29, 0.717) is 18.3 Å². The highest BCUT2D eigenvalue weighted by Gasteiger charge is 2.38. The minimum absolute atomic E-state index is 0.124. The van der Waals surface area contributed by atoms with Crippen molar-refractivity contribution in [3.63, 3.8) is 0 Å². The maximum Gasteiger partial charge on any atom is 0.220 e. The van der Waals surface area contributed by atoms with Crippen LogP contribution in [0.2, 0.25) is 0 Å². The zero-order chi connectivity index (χ0) is 16.2. The van der Waals surface area contributed by atoms with Gasteiger partial charge in [0, 0.05) is 25.7 Å². The summed E-state index contributed by atoms with van der Waals surface area (Å²) in [6.07, 6.45) is 8.72. The second-order valence-corrected chi connectivity index (χ2v) is 7.09. The molecule has 0 spiro atoms. The van der Waals surface area contributed by atoms with Crippen molar-refractivity contribution in [1.82, 2.24) is 20.4 Å². The predicted octanol–water partition coefficient (Wildman–Crippen LogP) is 0.608. The third kappa shape index (κ3) is 4.32. The Morgan fingerprint density at radius 1 is 1.43 bits per heavy atom. The van der Waals surface area contributed by atoms with E-state index in [-0.39, 0.29) is 18.1 Å². The summed E-state index contributed by atoms with van der Waals surface area (Å²) in [5, 5.41) is 20.4. The summed E-state index contributed by atoms with van der Waals surface area (Å²) in [6, 6.07) is 0.224. The topological polar surface area (TPSA) is 79.2 Å². The molecule has 6 heteroatoms. The van der Waals surface area contributed by atoms with Crippen molar-refractivity contribution >= 4 is 5.91 Å². The number of hydrogen-bond acceptors (Lipinski definition) is 4. The van der Waals surface area contributed by atoms with E-state index >= 15 is 0 Å². The Labute approximate surface area is 137 Å². The molecule has 0 aromatic carbocycles.